The summed E-state index contributed by atoms with van der Waals surface area (Å²) in [5.41, 5.74) is 0.164. The zero-order valence-electron chi connectivity index (χ0n) is 15.1. The molecule has 0 spiro atoms. The Hall–Kier alpha value is -3.13. The number of nitrogens with zero attached hydrogens (tertiary/aromatic N) is 1. The molecule has 2 rings (SSSR count). The van der Waals surface area contributed by atoms with Crippen LogP contribution in [-0.4, -0.2) is 28.5 Å². The first kappa shape index (κ1) is 21.2. The van der Waals surface area contributed by atoms with Gasteiger partial charge in [0.1, 0.15) is 5.75 Å². The first-order chi connectivity index (χ1) is 13.3. The lowest BCUT2D eigenvalue weighted by Crippen LogP contribution is -2.30. The third-order valence-corrected chi connectivity index (χ3v) is 4.17. The number of hydrogen-bond donors (Lipinski definition) is 2. The highest BCUT2D eigenvalue weighted by atomic mass is 35.5. The monoisotopic (exact) mass is 406 g/mol. The molecule has 2 N–H and O–H groups in total. The second-order valence-electron chi connectivity index (χ2n) is 5.96. The van der Waals surface area contributed by atoms with E-state index in [0.29, 0.717) is 17.9 Å². The Kier molecular flexibility index (Phi) is 7.34. The molecule has 1 amide bonds. The van der Waals surface area contributed by atoms with Gasteiger partial charge in [0.05, 0.1) is 34.6 Å². The summed E-state index contributed by atoms with van der Waals surface area (Å²) >= 11 is 5.98. The zero-order valence-corrected chi connectivity index (χ0v) is 15.8. The number of amides is 1. The van der Waals surface area contributed by atoms with Crippen molar-refractivity contribution in [1.29, 1.82) is 0 Å². The molecule has 8 nitrogen and oxygen atoms in total. The number of carbonyl (C=O) groups is 2. The number of carboxylic acid groups (broad SMARTS) is 1. The Balaban J connectivity index is 2.24. The Bertz CT molecular complexity index is 869. The molecule has 0 bridgehead atoms. The fourth-order valence-electron chi connectivity index (χ4n) is 2.48. The van der Waals surface area contributed by atoms with Gasteiger partial charge < -0.3 is 15.2 Å². The second kappa shape index (κ2) is 9.70. The van der Waals surface area contributed by atoms with Crippen molar-refractivity contribution in [2.75, 3.05) is 6.61 Å². The summed E-state index contributed by atoms with van der Waals surface area (Å²) in [4.78, 5) is 34.1. The average Bonchev–Trinajstić information content (AvgIpc) is 2.66. The summed E-state index contributed by atoms with van der Waals surface area (Å²) in [6, 6.07) is 9.34. The minimum absolute atomic E-state index is 0.0282. The third-order valence-electron chi connectivity index (χ3n) is 3.84. The molecule has 1 unspecified atom stereocenters. The number of halogens is 1. The number of nitro groups is 1. The highest BCUT2D eigenvalue weighted by Crippen LogP contribution is 2.25. The smallest absolute Gasteiger partial charge is 0.305 e. The molecule has 0 aromatic heterocycles. The molecule has 0 saturated carbocycles. The lowest BCUT2D eigenvalue weighted by Gasteiger charge is -2.18. The van der Waals surface area contributed by atoms with Crippen LogP contribution in [0.15, 0.2) is 42.5 Å². The number of ether oxygens (including phenoxy) is 1. The summed E-state index contributed by atoms with van der Waals surface area (Å²) in [6.07, 6.45) is 0.483. The summed E-state index contributed by atoms with van der Waals surface area (Å²) in [5, 5.41) is 22.7. The number of nitrogens with one attached hydrogen (secondary N) is 1. The number of benzene rings is 2. The van der Waals surface area contributed by atoms with E-state index in [1.165, 1.54) is 12.1 Å². The summed E-state index contributed by atoms with van der Waals surface area (Å²) in [5.74, 6) is -1.18. The van der Waals surface area contributed by atoms with Crippen LogP contribution in [0.3, 0.4) is 0 Å². The Morgan fingerprint density at radius 3 is 2.50 bits per heavy atom. The molecule has 0 saturated heterocycles. The maximum absolute atomic E-state index is 12.6. The standard InChI is InChI=1S/C19H19ClN2O6/c1-2-9-28-14-6-3-12(4-7-14)17(11-18(23)24)21-19(25)15-10-13(22(26)27)5-8-16(15)20/h3-8,10,17H,2,9,11H2,1H3,(H,21,25)(H,23,24). The molecule has 0 fully saturated rings. The second-order valence-corrected chi connectivity index (χ2v) is 6.37. The van der Waals surface area contributed by atoms with E-state index in [2.05, 4.69) is 5.32 Å². The van der Waals surface area contributed by atoms with Crippen LogP contribution in [0.4, 0.5) is 5.69 Å². The van der Waals surface area contributed by atoms with Gasteiger partial charge in [-0.1, -0.05) is 30.7 Å². The van der Waals surface area contributed by atoms with E-state index in [1.54, 1.807) is 24.3 Å². The van der Waals surface area contributed by atoms with Gasteiger partial charge in [0.15, 0.2) is 0 Å². The van der Waals surface area contributed by atoms with Crippen molar-refractivity contribution in [3.8, 4) is 5.75 Å². The molecule has 2 aromatic rings. The van der Waals surface area contributed by atoms with Gasteiger partial charge in [-0.15, -0.1) is 0 Å². The van der Waals surface area contributed by atoms with E-state index in [-0.39, 0.29) is 22.7 Å². The lowest BCUT2D eigenvalue weighted by atomic mass is 10.0. The molecule has 0 aliphatic rings. The number of carbonyl (C=O) groups excluding carboxylic acids is 1. The Morgan fingerprint density at radius 2 is 1.93 bits per heavy atom. The van der Waals surface area contributed by atoms with E-state index in [0.717, 1.165) is 12.5 Å². The number of non-ortho nitro benzene ring substituents is 1. The predicted molar refractivity (Wildman–Crippen MR) is 103 cm³/mol. The molecule has 1 atom stereocenters. The number of rotatable bonds is 9. The minimum atomic E-state index is -1.11. The molecule has 0 radical (unpaired) electrons. The quantitative estimate of drug-likeness (QED) is 0.480. The highest BCUT2D eigenvalue weighted by molar-refractivity contribution is 6.34. The molecule has 0 heterocycles. The van der Waals surface area contributed by atoms with Gasteiger partial charge in [0.2, 0.25) is 0 Å². The van der Waals surface area contributed by atoms with E-state index >= 15 is 0 Å². The third kappa shape index (κ3) is 5.68. The van der Waals surface area contributed by atoms with Crippen LogP contribution in [0.25, 0.3) is 0 Å². The van der Waals surface area contributed by atoms with E-state index in [1.807, 2.05) is 6.92 Å². The van der Waals surface area contributed by atoms with Crippen LogP contribution in [0.1, 0.15) is 41.7 Å². The zero-order chi connectivity index (χ0) is 20.7. The van der Waals surface area contributed by atoms with Crippen LogP contribution in [0.5, 0.6) is 5.75 Å². The van der Waals surface area contributed by atoms with Crippen LogP contribution in [0, 0.1) is 10.1 Å². The summed E-state index contributed by atoms with van der Waals surface area (Å²) < 4.78 is 5.49. The predicted octanol–water partition coefficient (Wildman–Crippen LogP) is 3.98. The fraction of sp³-hybridized carbons (Fsp3) is 0.263. The Labute approximate surface area is 166 Å². The van der Waals surface area contributed by atoms with Crippen molar-refractivity contribution < 1.29 is 24.4 Å². The minimum Gasteiger partial charge on any atom is -0.494 e. The number of nitro benzene ring substituents is 1. The van der Waals surface area contributed by atoms with Crippen LogP contribution < -0.4 is 10.1 Å². The molecule has 0 aliphatic heterocycles. The highest BCUT2D eigenvalue weighted by Gasteiger charge is 2.22. The topological polar surface area (TPSA) is 119 Å². The van der Waals surface area contributed by atoms with Crippen LogP contribution in [-0.2, 0) is 4.79 Å². The Morgan fingerprint density at radius 1 is 1.25 bits per heavy atom. The van der Waals surface area contributed by atoms with Gasteiger partial charge in [-0.25, -0.2) is 0 Å². The largest absolute Gasteiger partial charge is 0.494 e. The molecular formula is C19H19ClN2O6. The fourth-order valence-corrected chi connectivity index (χ4v) is 2.68. The van der Waals surface area contributed by atoms with Gasteiger partial charge in [-0.05, 0) is 30.2 Å². The molecule has 9 heteroatoms. The first-order valence-corrected chi connectivity index (χ1v) is 8.89. The summed E-state index contributed by atoms with van der Waals surface area (Å²) in [6.45, 7) is 2.53. The maximum atomic E-state index is 12.6. The normalized spacial score (nSPS) is 11.5. The van der Waals surface area contributed by atoms with Crippen molar-refractivity contribution in [2.24, 2.45) is 0 Å². The number of carboxylic acids is 1. The lowest BCUT2D eigenvalue weighted by molar-refractivity contribution is -0.384. The van der Waals surface area contributed by atoms with Gasteiger partial charge >= 0.3 is 5.97 Å². The maximum Gasteiger partial charge on any atom is 0.305 e. The SMILES string of the molecule is CCCOc1ccc(C(CC(=O)O)NC(=O)c2cc([N+](=O)[O-])ccc2Cl)cc1. The van der Waals surface area contributed by atoms with Crippen molar-refractivity contribution in [3.63, 3.8) is 0 Å². The number of hydrogen-bond acceptors (Lipinski definition) is 5. The molecular weight excluding hydrogens is 388 g/mol. The molecule has 28 heavy (non-hydrogen) atoms. The molecule has 0 aliphatic carbocycles. The van der Waals surface area contributed by atoms with Gasteiger partial charge in [-0.3, -0.25) is 19.7 Å². The van der Waals surface area contributed by atoms with Gasteiger partial charge in [-0.2, -0.15) is 0 Å². The number of aliphatic carboxylic acids is 1. The molecule has 2 aromatic carbocycles. The average molecular weight is 407 g/mol. The van der Waals surface area contributed by atoms with Gasteiger partial charge in [0, 0.05) is 12.1 Å². The van der Waals surface area contributed by atoms with Crippen molar-refractivity contribution in [3.05, 3.63) is 68.7 Å². The van der Waals surface area contributed by atoms with Crippen molar-refractivity contribution in [2.45, 2.75) is 25.8 Å². The van der Waals surface area contributed by atoms with Crippen LogP contribution in [0.2, 0.25) is 5.02 Å². The van der Waals surface area contributed by atoms with E-state index in [4.69, 9.17) is 16.3 Å². The van der Waals surface area contributed by atoms with Crippen LogP contribution >= 0.6 is 11.6 Å². The molecule has 148 valence electrons. The van der Waals surface area contributed by atoms with Gasteiger partial charge in [0.25, 0.3) is 11.6 Å². The van der Waals surface area contributed by atoms with Crippen molar-refractivity contribution in [1.82, 2.24) is 5.32 Å². The van der Waals surface area contributed by atoms with E-state index < -0.39 is 22.8 Å². The van der Waals surface area contributed by atoms with E-state index in [9.17, 15) is 24.8 Å². The first-order valence-electron chi connectivity index (χ1n) is 8.51. The summed E-state index contributed by atoms with van der Waals surface area (Å²) in [7, 11) is 0. The van der Waals surface area contributed by atoms with Crippen molar-refractivity contribution >= 4 is 29.2 Å².